The minimum Gasteiger partial charge on any atom is -0.339 e. The number of hydrogen-bond acceptors (Lipinski definition) is 5. The molecule has 0 spiro atoms. The van der Waals surface area contributed by atoms with Crippen molar-refractivity contribution in [2.24, 2.45) is 0 Å². The van der Waals surface area contributed by atoms with Crippen molar-refractivity contribution in [2.45, 2.75) is 32.6 Å². The normalized spacial score (nSPS) is 19.3. The Labute approximate surface area is 121 Å². The van der Waals surface area contributed by atoms with Gasteiger partial charge in [0.1, 0.15) is 0 Å². The van der Waals surface area contributed by atoms with Crippen LogP contribution in [0.15, 0.2) is 16.7 Å². The van der Waals surface area contributed by atoms with E-state index < -0.39 is 0 Å². The zero-order chi connectivity index (χ0) is 14.1. The Hall–Kier alpha value is -1.69. The number of carbonyl (C=O) groups excluding carboxylic acids is 1. The van der Waals surface area contributed by atoms with Crippen LogP contribution < -0.4 is 0 Å². The van der Waals surface area contributed by atoms with Gasteiger partial charge < -0.3 is 9.42 Å². The average Bonchev–Trinajstić information content (AvgIpc) is 3.07. The van der Waals surface area contributed by atoms with Gasteiger partial charge in [-0.25, -0.2) is 0 Å². The van der Waals surface area contributed by atoms with E-state index in [0.29, 0.717) is 18.3 Å². The zero-order valence-electron chi connectivity index (χ0n) is 11.6. The first kappa shape index (κ1) is 13.3. The molecule has 1 aliphatic rings. The number of carbonyl (C=O) groups is 1. The molecule has 1 saturated heterocycles. The van der Waals surface area contributed by atoms with Gasteiger partial charge in [0.25, 0.3) is 5.91 Å². The largest absolute Gasteiger partial charge is 0.339 e. The molecule has 1 aliphatic heterocycles. The van der Waals surface area contributed by atoms with Crippen LogP contribution in [0.4, 0.5) is 0 Å². The van der Waals surface area contributed by atoms with Crippen molar-refractivity contribution >= 4 is 17.2 Å². The number of hydrogen-bond donors (Lipinski definition) is 0. The summed E-state index contributed by atoms with van der Waals surface area (Å²) >= 11 is 1.55. The first-order valence-electron chi connectivity index (χ1n) is 6.79. The van der Waals surface area contributed by atoms with E-state index >= 15 is 0 Å². The number of aromatic nitrogens is 2. The van der Waals surface area contributed by atoms with Gasteiger partial charge in [0.2, 0.25) is 5.89 Å². The van der Waals surface area contributed by atoms with Gasteiger partial charge in [0, 0.05) is 18.0 Å². The van der Waals surface area contributed by atoms with Gasteiger partial charge in [-0.2, -0.15) is 4.98 Å². The molecule has 0 aliphatic carbocycles. The maximum absolute atomic E-state index is 12.5. The molecular formula is C14H17N3O2S. The molecule has 3 heterocycles. The van der Waals surface area contributed by atoms with Crippen molar-refractivity contribution in [3.63, 3.8) is 0 Å². The monoisotopic (exact) mass is 291 g/mol. The van der Waals surface area contributed by atoms with Crippen LogP contribution in [0.3, 0.4) is 0 Å². The predicted molar refractivity (Wildman–Crippen MR) is 76.0 cm³/mol. The van der Waals surface area contributed by atoms with E-state index in [4.69, 9.17) is 4.52 Å². The van der Waals surface area contributed by atoms with Crippen LogP contribution in [0, 0.1) is 13.8 Å². The van der Waals surface area contributed by atoms with Crippen molar-refractivity contribution in [1.82, 2.24) is 15.0 Å². The molecule has 1 atom stereocenters. The van der Waals surface area contributed by atoms with Crippen LogP contribution in [-0.4, -0.2) is 34.0 Å². The minimum atomic E-state index is 0.115. The summed E-state index contributed by atoms with van der Waals surface area (Å²) in [6, 6.07) is 3.89. The smallest absolute Gasteiger partial charge is 0.263 e. The van der Waals surface area contributed by atoms with Gasteiger partial charge in [0.05, 0.1) is 10.8 Å². The molecule has 106 valence electrons. The molecule has 0 saturated carbocycles. The van der Waals surface area contributed by atoms with Gasteiger partial charge in [-0.1, -0.05) is 5.16 Å². The molecule has 1 fully saturated rings. The fraction of sp³-hybridized carbons (Fsp3) is 0.500. The quantitative estimate of drug-likeness (QED) is 0.853. The number of aryl methyl sites for hydroxylation is 2. The maximum Gasteiger partial charge on any atom is 0.263 e. The van der Waals surface area contributed by atoms with Gasteiger partial charge in [-0.3, -0.25) is 4.79 Å². The number of rotatable bonds is 2. The average molecular weight is 291 g/mol. The summed E-state index contributed by atoms with van der Waals surface area (Å²) in [7, 11) is 0. The second kappa shape index (κ2) is 5.36. The van der Waals surface area contributed by atoms with E-state index in [2.05, 4.69) is 10.1 Å². The van der Waals surface area contributed by atoms with Crippen molar-refractivity contribution in [3.05, 3.63) is 33.6 Å². The predicted octanol–water partition coefficient (Wildman–Crippen LogP) is 2.77. The van der Waals surface area contributed by atoms with Gasteiger partial charge >= 0.3 is 0 Å². The Bertz CT molecular complexity index is 619. The SMILES string of the molecule is Cc1noc(C2CCCN(C(=O)c3ccc(C)s3)C2)n1. The number of amides is 1. The first-order chi connectivity index (χ1) is 9.63. The van der Waals surface area contributed by atoms with E-state index in [-0.39, 0.29) is 11.8 Å². The lowest BCUT2D eigenvalue weighted by Crippen LogP contribution is -2.38. The number of piperidine rings is 1. The van der Waals surface area contributed by atoms with Crippen molar-refractivity contribution in [1.29, 1.82) is 0 Å². The Morgan fingerprint density at radius 2 is 2.30 bits per heavy atom. The fourth-order valence-corrected chi connectivity index (χ4v) is 3.38. The third kappa shape index (κ3) is 2.60. The van der Waals surface area contributed by atoms with E-state index in [1.54, 1.807) is 11.3 Å². The molecule has 0 bridgehead atoms. The molecule has 0 radical (unpaired) electrons. The topological polar surface area (TPSA) is 59.2 Å². The second-order valence-corrected chi connectivity index (χ2v) is 6.47. The summed E-state index contributed by atoms with van der Waals surface area (Å²) < 4.78 is 5.25. The molecule has 3 rings (SSSR count). The first-order valence-corrected chi connectivity index (χ1v) is 7.61. The van der Waals surface area contributed by atoms with Gasteiger partial charge in [-0.05, 0) is 38.8 Å². The molecule has 20 heavy (non-hydrogen) atoms. The van der Waals surface area contributed by atoms with Crippen LogP contribution in [0.25, 0.3) is 0 Å². The van der Waals surface area contributed by atoms with Crippen LogP contribution in [0.2, 0.25) is 0 Å². The van der Waals surface area contributed by atoms with Crippen molar-refractivity contribution in [3.8, 4) is 0 Å². The highest BCUT2D eigenvalue weighted by molar-refractivity contribution is 7.13. The number of thiophene rings is 1. The molecule has 1 amide bonds. The van der Waals surface area contributed by atoms with E-state index in [1.165, 1.54) is 0 Å². The molecular weight excluding hydrogens is 274 g/mol. The summed E-state index contributed by atoms with van der Waals surface area (Å²) in [5.41, 5.74) is 0. The van der Waals surface area contributed by atoms with Crippen LogP contribution in [0.5, 0.6) is 0 Å². The fourth-order valence-electron chi connectivity index (χ4n) is 2.55. The van der Waals surface area contributed by atoms with Crippen molar-refractivity contribution < 1.29 is 9.32 Å². The highest BCUT2D eigenvalue weighted by Gasteiger charge is 2.29. The highest BCUT2D eigenvalue weighted by Crippen LogP contribution is 2.27. The molecule has 0 aromatic carbocycles. The Kier molecular flexibility index (Phi) is 3.56. The lowest BCUT2D eigenvalue weighted by atomic mass is 9.98. The number of likely N-dealkylation sites (tertiary alicyclic amines) is 1. The summed E-state index contributed by atoms with van der Waals surface area (Å²) in [5, 5.41) is 3.84. The van der Waals surface area contributed by atoms with E-state index in [9.17, 15) is 4.79 Å². The number of nitrogens with zero attached hydrogens (tertiary/aromatic N) is 3. The zero-order valence-corrected chi connectivity index (χ0v) is 12.4. The third-order valence-electron chi connectivity index (χ3n) is 3.55. The molecule has 5 nitrogen and oxygen atoms in total. The molecule has 2 aromatic rings. The maximum atomic E-state index is 12.5. The summed E-state index contributed by atoms with van der Waals surface area (Å²) in [5.74, 6) is 1.58. The summed E-state index contributed by atoms with van der Waals surface area (Å²) in [4.78, 5) is 20.6. The van der Waals surface area contributed by atoms with E-state index in [1.807, 2.05) is 30.9 Å². The lowest BCUT2D eigenvalue weighted by molar-refractivity contribution is 0.0700. The van der Waals surface area contributed by atoms with Crippen LogP contribution in [0.1, 0.15) is 45.0 Å². The Balaban J connectivity index is 1.73. The van der Waals surface area contributed by atoms with E-state index in [0.717, 1.165) is 29.1 Å². The molecule has 0 N–H and O–H groups in total. The lowest BCUT2D eigenvalue weighted by Gasteiger charge is -2.30. The van der Waals surface area contributed by atoms with Crippen LogP contribution in [-0.2, 0) is 0 Å². The Morgan fingerprint density at radius 1 is 1.45 bits per heavy atom. The molecule has 1 unspecified atom stereocenters. The third-order valence-corrected chi connectivity index (χ3v) is 4.54. The van der Waals surface area contributed by atoms with Crippen LogP contribution >= 0.6 is 11.3 Å². The molecule has 2 aromatic heterocycles. The Morgan fingerprint density at radius 3 is 2.95 bits per heavy atom. The standard InChI is InChI=1S/C14H17N3O2S/c1-9-5-6-12(20-9)14(18)17-7-3-4-11(8-17)13-15-10(2)16-19-13/h5-6,11H,3-4,7-8H2,1-2H3. The summed E-state index contributed by atoms with van der Waals surface area (Å²) in [6.45, 7) is 5.30. The minimum absolute atomic E-state index is 0.115. The van der Waals surface area contributed by atoms with Gasteiger partial charge in [-0.15, -0.1) is 11.3 Å². The summed E-state index contributed by atoms with van der Waals surface area (Å²) in [6.07, 6.45) is 1.97. The van der Waals surface area contributed by atoms with Gasteiger partial charge in [0.15, 0.2) is 5.82 Å². The molecule has 6 heteroatoms. The second-order valence-electron chi connectivity index (χ2n) is 5.18. The highest BCUT2D eigenvalue weighted by atomic mass is 32.1. The van der Waals surface area contributed by atoms with Crippen molar-refractivity contribution in [2.75, 3.05) is 13.1 Å².